The van der Waals surface area contributed by atoms with Gasteiger partial charge in [-0.2, -0.15) is 4.39 Å². The van der Waals surface area contributed by atoms with Crippen LogP contribution >= 0.6 is 11.3 Å². The second-order valence-corrected chi connectivity index (χ2v) is 4.83. The lowest BCUT2D eigenvalue weighted by Crippen LogP contribution is -2.12. The summed E-state index contributed by atoms with van der Waals surface area (Å²) in [6.07, 6.45) is 0. The molecule has 0 saturated carbocycles. The highest BCUT2D eigenvalue weighted by Crippen LogP contribution is 2.21. The molecule has 0 aliphatic carbocycles. The van der Waals surface area contributed by atoms with Gasteiger partial charge >= 0.3 is 5.69 Å². The molecule has 2 rings (SSSR count). The van der Waals surface area contributed by atoms with Crippen LogP contribution in [-0.2, 0) is 0 Å². The third-order valence-electron chi connectivity index (χ3n) is 2.49. The first-order valence-electron chi connectivity index (χ1n) is 5.60. The van der Waals surface area contributed by atoms with Gasteiger partial charge in [-0.3, -0.25) is 25.0 Å². The van der Waals surface area contributed by atoms with Crippen LogP contribution < -0.4 is 5.32 Å². The number of ketones is 1. The van der Waals surface area contributed by atoms with E-state index in [4.69, 9.17) is 0 Å². The first-order valence-corrected chi connectivity index (χ1v) is 6.48. The van der Waals surface area contributed by atoms with Gasteiger partial charge in [0.15, 0.2) is 10.9 Å². The molecule has 108 valence electrons. The highest BCUT2D eigenvalue weighted by atomic mass is 32.1. The molecule has 0 unspecified atom stereocenters. The summed E-state index contributed by atoms with van der Waals surface area (Å²) in [5.41, 5.74) is -0.658. The van der Waals surface area contributed by atoms with Crippen molar-refractivity contribution in [1.29, 1.82) is 0 Å². The van der Waals surface area contributed by atoms with Crippen LogP contribution in [0.25, 0.3) is 0 Å². The molecule has 0 atom stereocenters. The monoisotopic (exact) mass is 309 g/mol. The average molecular weight is 309 g/mol. The van der Waals surface area contributed by atoms with E-state index in [0.717, 1.165) is 29.5 Å². The summed E-state index contributed by atoms with van der Waals surface area (Å²) >= 11 is 1.04. The Morgan fingerprint density at radius 1 is 1.43 bits per heavy atom. The van der Waals surface area contributed by atoms with E-state index < -0.39 is 22.3 Å². The van der Waals surface area contributed by atoms with E-state index in [0.29, 0.717) is 0 Å². The fourth-order valence-electron chi connectivity index (χ4n) is 1.46. The molecular weight excluding hydrogens is 301 g/mol. The van der Waals surface area contributed by atoms with Gasteiger partial charge in [0.1, 0.15) is 5.69 Å². The van der Waals surface area contributed by atoms with E-state index >= 15 is 0 Å². The molecule has 0 radical (unpaired) electrons. The molecule has 0 aliphatic heterocycles. The van der Waals surface area contributed by atoms with E-state index in [9.17, 15) is 24.1 Å². The minimum Gasteiger partial charge on any atom is -0.298 e. The van der Waals surface area contributed by atoms with Crippen molar-refractivity contribution in [3.63, 3.8) is 0 Å². The summed E-state index contributed by atoms with van der Waals surface area (Å²) in [7, 11) is 0. The number of nitro benzene ring substituents is 1. The summed E-state index contributed by atoms with van der Waals surface area (Å²) in [6, 6.07) is 2.80. The number of carbonyl (C=O) groups is 2. The normalized spacial score (nSPS) is 10.2. The first kappa shape index (κ1) is 14.7. The summed E-state index contributed by atoms with van der Waals surface area (Å²) in [6.45, 7) is 1.34. The fourth-order valence-corrected chi connectivity index (χ4v) is 2.20. The number of aromatic nitrogens is 1. The predicted octanol–water partition coefficient (Wildman–Crippen LogP) is 2.65. The number of hydrogen-bond acceptors (Lipinski definition) is 6. The Kier molecular flexibility index (Phi) is 4.03. The van der Waals surface area contributed by atoms with E-state index in [2.05, 4.69) is 10.3 Å². The van der Waals surface area contributed by atoms with E-state index in [1.807, 2.05) is 0 Å². The van der Waals surface area contributed by atoms with Gasteiger partial charge in [0.05, 0.1) is 4.92 Å². The number of benzene rings is 1. The molecule has 1 heterocycles. The Morgan fingerprint density at radius 3 is 2.71 bits per heavy atom. The minimum atomic E-state index is -1.02. The third kappa shape index (κ3) is 3.26. The zero-order valence-corrected chi connectivity index (χ0v) is 11.4. The highest BCUT2D eigenvalue weighted by molar-refractivity contribution is 7.14. The zero-order chi connectivity index (χ0) is 15.6. The number of rotatable bonds is 4. The topological polar surface area (TPSA) is 102 Å². The second kappa shape index (κ2) is 5.75. The molecule has 1 N–H and O–H groups in total. The van der Waals surface area contributed by atoms with Crippen molar-refractivity contribution in [1.82, 2.24) is 4.98 Å². The van der Waals surface area contributed by atoms with Crippen LogP contribution in [0.3, 0.4) is 0 Å². The van der Waals surface area contributed by atoms with Crippen LogP contribution in [0.15, 0.2) is 23.6 Å². The number of anilines is 1. The number of amides is 1. The van der Waals surface area contributed by atoms with Crippen molar-refractivity contribution in [2.75, 3.05) is 5.32 Å². The van der Waals surface area contributed by atoms with Crippen molar-refractivity contribution in [2.45, 2.75) is 6.92 Å². The van der Waals surface area contributed by atoms with Gasteiger partial charge in [0.25, 0.3) is 5.91 Å². The SMILES string of the molecule is CC(=O)c1csc(NC(=O)c2ccc(F)c([N+](=O)[O-])c2)n1. The molecule has 0 spiro atoms. The zero-order valence-electron chi connectivity index (χ0n) is 10.6. The number of nitrogens with zero attached hydrogens (tertiary/aromatic N) is 2. The van der Waals surface area contributed by atoms with Crippen LogP contribution in [0.5, 0.6) is 0 Å². The van der Waals surface area contributed by atoms with Gasteiger partial charge in [-0.1, -0.05) is 0 Å². The van der Waals surface area contributed by atoms with Crippen molar-refractivity contribution in [3.05, 3.63) is 50.8 Å². The van der Waals surface area contributed by atoms with Crippen molar-refractivity contribution in [2.24, 2.45) is 0 Å². The van der Waals surface area contributed by atoms with Crippen LogP contribution in [0.4, 0.5) is 15.2 Å². The molecule has 0 aliphatic rings. The Balaban J connectivity index is 2.22. The average Bonchev–Trinajstić information content (AvgIpc) is 2.87. The maximum atomic E-state index is 13.2. The van der Waals surface area contributed by atoms with Crippen LogP contribution in [0.1, 0.15) is 27.8 Å². The highest BCUT2D eigenvalue weighted by Gasteiger charge is 2.18. The van der Waals surface area contributed by atoms with Gasteiger partial charge in [0, 0.05) is 23.9 Å². The molecule has 0 fully saturated rings. The Labute approximate surface area is 121 Å². The number of Topliss-reactive ketones (excluding diaryl/α,β-unsaturated/α-hetero) is 1. The van der Waals surface area contributed by atoms with Crippen molar-refractivity contribution < 1.29 is 18.9 Å². The first-order chi connectivity index (χ1) is 9.88. The summed E-state index contributed by atoms with van der Waals surface area (Å²) in [5.74, 6) is -1.95. The quantitative estimate of drug-likeness (QED) is 0.531. The van der Waals surface area contributed by atoms with Crippen LogP contribution in [-0.4, -0.2) is 21.6 Å². The van der Waals surface area contributed by atoms with Crippen LogP contribution in [0, 0.1) is 15.9 Å². The molecule has 1 amide bonds. The molecule has 1 aromatic heterocycles. The van der Waals surface area contributed by atoms with Crippen LogP contribution in [0.2, 0.25) is 0 Å². The number of hydrogen-bond donors (Lipinski definition) is 1. The molecule has 1 aromatic carbocycles. The van der Waals surface area contributed by atoms with Crippen molar-refractivity contribution in [3.8, 4) is 0 Å². The summed E-state index contributed by atoms with van der Waals surface area (Å²) in [4.78, 5) is 36.6. The number of nitro groups is 1. The van der Waals surface area contributed by atoms with Gasteiger partial charge in [-0.15, -0.1) is 11.3 Å². The fraction of sp³-hybridized carbons (Fsp3) is 0.0833. The lowest BCUT2D eigenvalue weighted by Gasteiger charge is -2.02. The molecular formula is C12H8FN3O4S. The molecule has 9 heteroatoms. The van der Waals surface area contributed by atoms with E-state index in [1.165, 1.54) is 12.3 Å². The predicted molar refractivity (Wildman–Crippen MR) is 73.1 cm³/mol. The second-order valence-electron chi connectivity index (χ2n) is 3.97. The summed E-state index contributed by atoms with van der Waals surface area (Å²) in [5, 5.41) is 14.7. The lowest BCUT2D eigenvalue weighted by molar-refractivity contribution is -0.387. The Hall–Kier alpha value is -2.68. The lowest BCUT2D eigenvalue weighted by atomic mass is 10.2. The molecule has 0 saturated heterocycles. The maximum absolute atomic E-state index is 13.2. The number of carbonyl (C=O) groups excluding carboxylic acids is 2. The molecule has 21 heavy (non-hydrogen) atoms. The van der Waals surface area contributed by atoms with Gasteiger partial charge in [0.2, 0.25) is 5.82 Å². The minimum absolute atomic E-state index is 0.0809. The van der Waals surface area contributed by atoms with E-state index in [1.54, 1.807) is 0 Å². The Morgan fingerprint density at radius 2 is 2.14 bits per heavy atom. The Bertz CT molecular complexity index is 744. The molecule has 0 bridgehead atoms. The standard InChI is InChI=1S/C12H8FN3O4S/c1-6(17)9-5-21-12(14-9)15-11(18)7-2-3-8(13)10(4-7)16(19)20/h2-5H,1H3,(H,14,15,18). The number of nitrogens with one attached hydrogen (secondary N) is 1. The smallest absolute Gasteiger partial charge is 0.298 e. The number of halogens is 1. The van der Waals surface area contributed by atoms with Gasteiger partial charge in [-0.05, 0) is 12.1 Å². The maximum Gasteiger partial charge on any atom is 0.305 e. The van der Waals surface area contributed by atoms with Gasteiger partial charge < -0.3 is 0 Å². The van der Waals surface area contributed by atoms with Gasteiger partial charge in [-0.25, -0.2) is 4.98 Å². The van der Waals surface area contributed by atoms with E-state index in [-0.39, 0.29) is 22.2 Å². The summed E-state index contributed by atoms with van der Waals surface area (Å²) < 4.78 is 13.2. The third-order valence-corrected chi connectivity index (χ3v) is 3.25. The molecule has 7 nitrogen and oxygen atoms in total. The molecule has 2 aromatic rings. The number of thiazole rings is 1. The largest absolute Gasteiger partial charge is 0.305 e. The van der Waals surface area contributed by atoms with Crippen molar-refractivity contribution >= 4 is 33.8 Å².